The Labute approximate surface area is 65.5 Å². The molecule has 1 nitrogen and oxygen atoms in total. The minimum absolute atomic E-state index is 0.248. The van der Waals surface area contributed by atoms with Crippen LogP contribution in [0.5, 0.6) is 5.75 Å². The van der Waals surface area contributed by atoms with Crippen molar-refractivity contribution in [3.8, 4) is 5.75 Å². The predicted octanol–water partition coefficient (Wildman–Crippen LogP) is 2.40. The van der Waals surface area contributed by atoms with E-state index in [0.29, 0.717) is 5.56 Å². The van der Waals surface area contributed by atoms with Crippen LogP contribution < -0.4 is 0 Å². The maximum Gasteiger partial charge on any atom is 0.167 e. The molecule has 1 aromatic carbocycles. The number of aryl methyl sites for hydroxylation is 2. The van der Waals surface area contributed by atoms with Crippen LogP contribution in [-0.4, -0.2) is 5.11 Å². The summed E-state index contributed by atoms with van der Waals surface area (Å²) < 4.78 is 12.8. The second kappa shape index (κ2) is 2.91. The summed E-state index contributed by atoms with van der Waals surface area (Å²) in [6.07, 6.45) is 0.814. The maximum atomic E-state index is 12.8. The van der Waals surface area contributed by atoms with E-state index >= 15 is 0 Å². The summed E-state index contributed by atoms with van der Waals surface area (Å²) >= 11 is 0. The molecular weight excluding hydrogens is 143 g/mol. The molecule has 1 N–H and O–H groups in total. The molecule has 0 saturated carbocycles. The van der Waals surface area contributed by atoms with E-state index in [0.717, 1.165) is 12.0 Å². The first kappa shape index (κ1) is 8.05. The second-order valence-electron chi connectivity index (χ2n) is 2.60. The second-order valence-corrected chi connectivity index (χ2v) is 2.60. The SMILES string of the molecule is CCc1cc(C)c(F)c(O)c1. The van der Waals surface area contributed by atoms with Gasteiger partial charge in [0.1, 0.15) is 0 Å². The van der Waals surface area contributed by atoms with Gasteiger partial charge in [-0.1, -0.05) is 13.0 Å². The zero-order valence-corrected chi connectivity index (χ0v) is 6.69. The Bertz CT molecular complexity index is 245. The highest BCUT2D eigenvalue weighted by molar-refractivity contribution is 5.34. The molecule has 60 valence electrons. The number of hydrogen-bond acceptors (Lipinski definition) is 1. The summed E-state index contributed by atoms with van der Waals surface area (Å²) in [5, 5.41) is 9.04. The summed E-state index contributed by atoms with van der Waals surface area (Å²) in [5.74, 6) is -0.760. The number of hydrogen-bond donors (Lipinski definition) is 1. The molecule has 0 amide bonds. The van der Waals surface area contributed by atoms with Crippen LogP contribution >= 0.6 is 0 Å². The Morgan fingerprint density at radius 2 is 2.09 bits per heavy atom. The predicted molar refractivity (Wildman–Crippen MR) is 42.2 cm³/mol. The smallest absolute Gasteiger partial charge is 0.167 e. The molecule has 0 fully saturated rings. The van der Waals surface area contributed by atoms with Gasteiger partial charge < -0.3 is 5.11 Å². The summed E-state index contributed by atoms with van der Waals surface area (Å²) in [6.45, 7) is 3.61. The average Bonchev–Trinajstić information content (AvgIpc) is 1.99. The van der Waals surface area contributed by atoms with Gasteiger partial charge in [-0.3, -0.25) is 0 Å². The fourth-order valence-electron chi connectivity index (χ4n) is 1.03. The minimum atomic E-state index is -0.512. The molecule has 0 spiro atoms. The van der Waals surface area contributed by atoms with Crippen LogP contribution in [0.15, 0.2) is 12.1 Å². The third kappa shape index (κ3) is 1.50. The first-order chi connectivity index (χ1) is 5.15. The Morgan fingerprint density at radius 3 is 2.55 bits per heavy atom. The lowest BCUT2D eigenvalue weighted by Gasteiger charge is -2.02. The number of rotatable bonds is 1. The number of benzene rings is 1. The largest absolute Gasteiger partial charge is 0.505 e. The zero-order chi connectivity index (χ0) is 8.43. The van der Waals surface area contributed by atoms with E-state index in [2.05, 4.69) is 0 Å². The van der Waals surface area contributed by atoms with Gasteiger partial charge in [0.15, 0.2) is 11.6 Å². The molecule has 0 aliphatic rings. The first-order valence-electron chi connectivity index (χ1n) is 3.63. The van der Waals surface area contributed by atoms with Crippen molar-refractivity contribution in [3.05, 3.63) is 29.1 Å². The third-order valence-electron chi connectivity index (χ3n) is 1.70. The normalized spacial score (nSPS) is 10.1. The first-order valence-corrected chi connectivity index (χ1v) is 3.63. The van der Waals surface area contributed by atoms with Gasteiger partial charge in [0.2, 0.25) is 0 Å². The Balaban J connectivity index is 3.21. The van der Waals surface area contributed by atoms with Crippen LogP contribution in [0, 0.1) is 12.7 Å². The lowest BCUT2D eigenvalue weighted by Crippen LogP contribution is -1.87. The lowest BCUT2D eigenvalue weighted by atomic mass is 10.1. The Hall–Kier alpha value is -1.05. The monoisotopic (exact) mass is 154 g/mol. The molecule has 0 bridgehead atoms. The quantitative estimate of drug-likeness (QED) is 0.658. The summed E-state index contributed by atoms with van der Waals surface area (Å²) in [4.78, 5) is 0. The molecule has 1 rings (SSSR count). The van der Waals surface area contributed by atoms with Crippen molar-refractivity contribution in [2.75, 3.05) is 0 Å². The summed E-state index contributed by atoms with van der Waals surface area (Å²) in [7, 11) is 0. The van der Waals surface area contributed by atoms with Gasteiger partial charge in [0.25, 0.3) is 0 Å². The molecular formula is C9H11FO. The van der Waals surface area contributed by atoms with Gasteiger partial charge in [0.05, 0.1) is 0 Å². The molecule has 2 heteroatoms. The highest BCUT2D eigenvalue weighted by Crippen LogP contribution is 2.20. The van der Waals surface area contributed by atoms with Crippen LogP contribution in [0.2, 0.25) is 0 Å². The topological polar surface area (TPSA) is 20.2 Å². The van der Waals surface area contributed by atoms with Crippen molar-refractivity contribution in [1.29, 1.82) is 0 Å². The molecule has 0 aromatic heterocycles. The van der Waals surface area contributed by atoms with E-state index < -0.39 is 5.82 Å². The van der Waals surface area contributed by atoms with Gasteiger partial charge in [-0.15, -0.1) is 0 Å². The van der Waals surface area contributed by atoms with E-state index in [4.69, 9.17) is 5.11 Å². The molecule has 11 heavy (non-hydrogen) atoms. The molecule has 0 heterocycles. The molecule has 0 aliphatic heterocycles. The molecule has 0 saturated heterocycles. The number of halogens is 1. The molecule has 1 aromatic rings. The van der Waals surface area contributed by atoms with Crippen LogP contribution in [0.4, 0.5) is 4.39 Å². The van der Waals surface area contributed by atoms with Crippen LogP contribution in [0.1, 0.15) is 18.1 Å². The summed E-state index contributed by atoms with van der Waals surface area (Å²) in [5.41, 5.74) is 1.46. The van der Waals surface area contributed by atoms with Crippen molar-refractivity contribution >= 4 is 0 Å². The molecule has 0 unspecified atom stereocenters. The molecule has 0 atom stereocenters. The number of phenolic OH excluding ortho intramolecular Hbond substituents is 1. The van der Waals surface area contributed by atoms with E-state index in [-0.39, 0.29) is 5.75 Å². The van der Waals surface area contributed by atoms with Gasteiger partial charge in [-0.05, 0) is 30.5 Å². The van der Waals surface area contributed by atoms with E-state index in [1.54, 1.807) is 13.0 Å². The Kier molecular flexibility index (Phi) is 2.13. The van der Waals surface area contributed by atoms with Gasteiger partial charge in [0, 0.05) is 0 Å². The van der Waals surface area contributed by atoms with Crippen LogP contribution in [0.3, 0.4) is 0 Å². The van der Waals surface area contributed by atoms with Gasteiger partial charge in [-0.2, -0.15) is 0 Å². The fraction of sp³-hybridized carbons (Fsp3) is 0.333. The average molecular weight is 154 g/mol. The fourth-order valence-corrected chi connectivity index (χ4v) is 1.03. The number of phenols is 1. The summed E-state index contributed by atoms with van der Waals surface area (Å²) in [6, 6.07) is 3.21. The maximum absolute atomic E-state index is 12.8. The van der Waals surface area contributed by atoms with Gasteiger partial charge >= 0.3 is 0 Å². The number of aromatic hydroxyl groups is 1. The van der Waals surface area contributed by atoms with Crippen LogP contribution in [-0.2, 0) is 6.42 Å². The molecule has 0 aliphatic carbocycles. The van der Waals surface area contributed by atoms with Crippen LogP contribution in [0.25, 0.3) is 0 Å². The van der Waals surface area contributed by atoms with Crippen molar-refractivity contribution in [2.24, 2.45) is 0 Å². The van der Waals surface area contributed by atoms with Crippen molar-refractivity contribution in [1.82, 2.24) is 0 Å². The zero-order valence-electron chi connectivity index (χ0n) is 6.69. The van der Waals surface area contributed by atoms with Crippen molar-refractivity contribution in [3.63, 3.8) is 0 Å². The highest BCUT2D eigenvalue weighted by atomic mass is 19.1. The van der Waals surface area contributed by atoms with E-state index in [1.807, 2.05) is 6.92 Å². The lowest BCUT2D eigenvalue weighted by molar-refractivity contribution is 0.429. The van der Waals surface area contributed by atoms with E-state index in [9.17, 15) is 4.39 Å². The highest BCUT2D eigenvalue weighted by Gasteiger charge is 2.04. The van der Waals surface area contributed by atoms with Crippen molar-refractivity contribution in [2.45, 2.75) is 20.3 Å². The standard InChI is InChI=1S/C9H11FO/c1-3-7-4-6(2)9(10)8(11)5-7/h4-5,11H,3H2,1-2H3. The van der Waals surface area contributed by atoms with Gasteiger partial charge in [-0.25, -0.2) is 4.39 Å². The van der Waals surface area contributed by atoms with Crippen molar-refractivity contribution < 1.29 is 9.50 Å². The minimum Gasteiger partial charge on any atom is -0.505 e. The third-order valence-corrected chi connectivity index (χ3v) is 1.70. The molecule has 0 radical (unpaired) electrons. The van der Waals surface area contributed by atoms with E-state index in [1.165, 1.54) is 6.07 Å². The Morgan fingerprint density at radius 1 is 1.45 bits per heavy atom.